The van der Waals surface area contributed by atoms with Crippen LogP contribution in [0.1, 0.15) is 103 Å². The first-order valence-electron chi connectivity index (χ1n) is 11.7. The van der Waals surface area contributed by atoms with Gasteiger partial charge in [0, 0.05) is 19.4 Å². The molecule has 1 fully saturated rings. The highest BCUT2D eigenvalue weighted by molar-refractivity contribution is 7.83. The van der Waals surface area contributed by atoms with Crippen LogP contribution >= 0.6 is 12.6 Å². The normalized spacial score (nSPS) is 18.6. The van der Waals surface area contributed by atoms with E-state index < -0.39 is 8.56 Å². The van der Waals surface area contributed by atoms with Gasteiger partial charge in [0.1, 0.15) is 11.5 Å². The number of thiol groups is 1. The number of carbonyl (C=O) groups is 1. The predicted octanol–water partition coefficient (Wildman–Crippen LogP) is 7.43. The van der Waals surface area contributed by atoms with Crippen LogP contribution in [0.4, 0.5) is 0 Å². The van der Waals surface area contributed by atoms with E-state index in [2.05, 4.69) is 78.9 Å². The zero-order chi connectivity index (χ0) is 22.9. The molecule has 0 N–H and O–H groups in total. The second-order valence-corrected chi connectivity index (χ2v) is 13.7. The van der Waals surface area contributed by atoms with Crippen molar-refractivity contribution >= 4 is 27.0 Å². The van der Waals surface area contributed by atoms with Crippen molar-refractivity contribution < 1.29 is 13.6 Å². The quantitative estimate of drug-likeness (QED) is 0.215. The Morgan fingerprint density at radius 3 is 2.20 bits per heavy atom. The van der Waals surface area contributed by atoms with Crippen LogP contribution in [0.3, 0.4) is 0 Å². The van der Waals surface area contributed by atoms with Crippen LogP contribution in [0.25, 0.3) is 0 Å². The summed E-state index contributed by atoms with van der Waals surface area (Å²) in [6, 6.07) is 6.54. The highest BCUT2D eigenvalue weighted by Gasteiger charge is 2.40. The molecule has 0 radical (unpaired) electrons. The summed E-state index contributed by atoms with van der Waals surface area (Å²) in [4.78, 5) is 10.6. The summed E-state index contributed by atoms with van der Waals surface area (Å²) in [5.74, 6) is 2.88. The number of hydrogen-bond donors (Lipinski definition) is 1. The molecule has 1 aliphatic rings. The third-order valence-electron chi connectivity index (χ3n) is 5.93. The molecular weight excluding hydrogens is 408 g/mol. The Morgan fingerprint density at radius 1 is 1.13 bits per heavy atom. The van der Waals surface area contributed by atoms with E-state index in [-0.39, 0.29) is 4.87 Å². The fourth-order valence-corrected chi connectivity index (χ4v) is 5.72. The first-order valence-corrected chi connectivity index (χ1v) is 14.6. The highest BCUT2D eigenvalue weighted by Crippen LogP contribution is 2.33. The van der Waals surface area contributed by atoms with Gasteiger partial charge in [-0.25, -0.2) is 0 Å². The molecule has 1 aromatic rings. The molecule has 30 heavy (non-hydrogen) atoms. The molecule has 0 bridgehead atoms. The van der Waals surface area contributed by atoms with E-state index >= 15 is 0 Å². The number of carbonyl (C=O) groups excluding carboxylic acids is 1. The SMILES string of the molecule is CCC(S)[Si](C)(OC)Oc1ccc(C(C)C)cc1C(C)C.CCCCCC1CC1=O. The summed E-state index contributed by atoms with van der Waals surface area (Å²) in [7, 11) is -0.587. The number of hydrogen-bond acceptors (Lipinski definition) is 4. The molecule has 3 atom stereocenters. The zero-order valence-corrected chi connectivity index (χ0v) is 22.4. The Hall–Kier alpha value is -0.783. The van der Waals surface area contributed by atoms with Crippen LogP contribution in [-0.2, 0) is 9.22 Å². The molecule has 172 valence electrons. The lowest BCUT2D eigenvalue weighted by Gasteiger charge is -2.32. The third kappa shape index (κ3) is 8.39. The molecule has 1 saturated carbocycles. The fourth-order valence-electron chi connectivity index (χ4n) is 3.39. The molecular formula is C25H44O3SSi. The van der Waals surface area contributed by atoms with Crippen LogP contribution in [-0.4, -0.2) is 26.3 Å². The van der Waals surface area contributed by atoms with E-state index in [0.717, 1.165) is 25.0 Å². The molecule has 3 nitrogen and oxygen atoms in total. The zero-order valence-electron chi connectivity index (χ0n) is 20.5. The summed E-state index contributed by atoms with van der Waals surface area (Å²) in [5, 5.41) is 0. The molecule has 0 aliphatic heterocycles. The second kappa shape index (κ2) is 12.9. The van der Waals surface area contributed by atoms with Gasteiger partial charge in [0.15, 0.2) is 0 Å². The van der Waals surface area contributed by atoms with Gasteiger partial charge in [-0.15, -0.1) is 0 Å². The van der Waals surface area contributed by atoms with Crippen molar-refractivity contribution in [2.45, 2.75) is 103 Å². The summed E-state index contributed by atoms with van der Waals surface area (Å²) in [5.41, 5.74) is 2.61. The summed E-state index contributed by atoms with van der Waals surface area (Å²) in [6.07, 6.45) is 6.80. The maximum atomic E-state index is 10.5. The standard InChI is InChI=1S/C17H30O2SSi.C8H14O/c1-8-17(20)21(7,18-6)19-16-10-9-14(12(2)3)11-15(16)13(4)5;1-2-3-4-5-7-6-8(7)9/h9-13,17,20H,8H2,1-7H3;7H,2-6H2,1H3. The van der Waals surface area contributed by atoms with Gasteiger partial charge < -0.3 is 8.85 Å². The Labute approximate surface area is 192 Å². The molecule has 0 amide bonds. The van der Waals surface area contributed by atoms with E-state index in [4.69, 9.17) is 8.85 Å². The van der Waals surface area contributed by atoms with Gasteiger partial charge >= 0.3 is 8.56 Å². The number of Topliss-reactive ketones (excluding diaryl/α,β-unsaturated/α-hetero) is 1. The second-order valence-electron chi connectivity index (χ2n) is 9.22. The van der Waals surface area contributed by atoms with Crippen molar-refractivity contribution in [1.29, 1.82) is 0 Å². The maximum Gasteiger partial charge on any atom is 0.408 e. The first-order chi connectivity index (χ1) is 14.1. The van der Waals surface area contributed by atoms with Gasteiger partial charge in [-0.05, 0) is 48.4 Å². The van der Waals surface area contributed by atoms with Crippen molar-refractivity contribution in [3.63, 3.8) is 0 Å². The first kappa shape index (κ1) is 27.3. The minimum absolute atomic E-state index is 0.160. The van der Waals surface area contributed by atoms with Gasteiger partial charge in [0.2, 0.25) is 0 Å². The molecule has 0 aromatic heterocycles. The Kier molecular flexibility index (Phi) is 11.7. The maximum absolute atomic E-state index is 10.5. The van der Waals surface area contributed by atoms with E-state index in [9.17, 15) is 4.79 Å². The summed E-state index contributed by atoms with van der Waals surface area (Å²) in [6.45, 7) is 15.2. The lowest BCUT2D eigenvalue weighted by atomic mass is 9.95. The van der Waals surface area contributed by atoms with Crippen molar-refractivity contribution in [3.05, 3.63) is 29.3 Å². The topological polar surface area (TPSA) is 35.5 Å². The van der Waals surface area contributed by atoms with Crippen molar-refractivity contribution in [1.82, 2.24) is 0 Å². The lowest BCUT2D eigenvalue weighted by Crippen LogP contribution is -2.50. The van der Waals surface area contributed by atoms with Gasteiger partial charge in [0.25, 0.3) is 0 Å². The molecule has 2 rings (SSSR count). The van der Waals surface area contributed by atoms with E-state index in [0.29, 0.717) is 23.5 Å². The predicted molar refractivity (Wildman–Crippen MR) is 134 cm³/mol. The van der Waals surface area contributed by atoms with E-state index in [1.54, 1.807) is 7.11 Å². The Balaban J connectivity index is 0.000000414. The number of rotatable bonds is 11. The molecule has 0 saturated heterocycles. The molecule has 1 aromatic carbocycles. The summed E-state index contributed by atoms with van der Waals surface area (Å²) >= 11 is 4.67. The largest absolute Gasteiger partial charge is 0.519 e. The van der Waals surface area contributed by atoms with Crippen LogP contribution in [0, 0.1) is 5.92 Å². The van der Waals surface area contributed by atoms with Gasteiger partial charge in [-0.1, -0.05) is 72.9 Å². The third-order valence-corrected chi connectivity index (χ3v) is 10.8. The molecule has 0 spiro atoms. The van der Waals surface area contributed by atoms with Gasteiger partial charge in [-0.2, -0.15) is 12.6 Å². The fraction of sp³-hybridized carbons (Fsp3) is 0.720. The lowest BCUT2D eigenvalue weighted by molar-refractivity contribution is -0.111. The Morgan fingerprint density at radius 2 is 1.77 bits per heavy atom. The van der Waals surface area contributed by atoms with Crippen LogP contribution < -0.4 is 4.43 Å². The number of unbranched alkanes of at least 4 members (excludes halogenated alkanes) is 2. The van der Waals surface area contributed by atoms with Gasteiger partial charge in [0.05, 0.1) is 4.87 Å². The molecule has 5 heteroatoms. The van der Waals surface area contributed by atoms with Crippen LogP contribution in [0.2, 0.25) is 6.55 Å². The van der Waals surface area contributed by atoms with Crippen molar-refractivity contribution in [3.8, 4) is 5.75 Å². The van der Waals surface area contributed by atoms with Crippen LogP contribution in [0.5, 0.6) is 5.75 Å². The minimum atomic E-state index is -2.33. The van der Waals surface area contributed by atoms with Crippen molar-refractivity contribution in [2.24, 2.45) is 5.92 Å². The average molecular weight is 453 g/mol. The summed E-state index contributed by atoms with van der Waals surface area (Å²) < 4.78 is 12.1. The number of ketones is 1. The molecule has 1 aliphatic carbocycles. The van der Waals surface area contributed by atoms with Crippen LogP contribution in [0.15, 0.2) is 18.2 Å². The smallest absolute Gasteiger partial charge is 0.408 e. The highest BCUT2D eigenvalue weighted by atomic mass is 32.1. The average Bonchev–Trinajstić information content (AvgIpc) is 3.42. The van der Waals surface area contributed by atoms with Crippen molar-refractivity contribution in [2.75, 3.05) is 7.11 Å². The minimum Gasteiger partial charge on any atom is -0.519 e. The number of benzene rings is 1. The Bertz CT molecular complexity index is 662. The monoisotopic (exact) mass is 452 g/mol. The molecule has 0 heterocycles. The van der Waals surface area contributed by atoms with E-state index in [1.807, 2.05) is 0 Å². The van der Waals surface area contributed by atoms with E-state index in [1.165, 1.54) is 30.4 Å². The molecule has 3 unspecified atom stereocenters. The van der Waals surface area contributed by atoms with Gasteiger partial charge in [-0.3, -0.25) is 4.79 Å².